The standard InChI is InChI=1S/C18H32N4O5S/c1-11(2)9-14(16(25)20-10-15(23)24)22-18(27)13(6-8-28-3)21-17(26)12-5-4-7-19-12/h11-14,19H,4-10H2,1-3H3,(H,20,25)(H,21,26)(H,22,27)(H,23,24). The summed E-state index contributed by atoms with van der Waals surface area (Å²) in [4.78, 5) is 48.2. The molecule has 10 heteroatoms. The van der Waals surface area contributed by atoms with Crippen molar-refractivity contribution in [3.8, 4) is 0 Å². The highest BCUT2D eigenvalue weighted by atomic mass is 32.2. The van der Waals surface area contributed by atoms with Crippen LogP contribution in [0.1, 0.15) is 39.5 Å². The van der Waals surface area contributed by atoms with E-state index in [-0.39, 0.29) is 17.9 Å². The Kier molecular flexibility index (Phi) is 10.9. The van der Waals surface area contributed by atoms with Crippen molar-refractivity contribution in [3.05, 3.63) is 0 Å². The SMILES string of the molecule is CSCCC(NC(=O)C1CCCN1)C(=O)NC(CC(C)C)C(=O)NCC(=O)O. The molecule has 0 aromatic heterocycles. The van der Waals surface area contributed by atoms with Gasteiger partial charge in [-0.25, -0.2) is 0 Å². The fourth-order valence-electron chi connectivity index (χ4n) is 2.95. The first-order valence-corrected chi connectivity index (χ1v) is 11.0. The first-order valence-electron chi connectivity index (χ1n) is 9.57. The molecule has 0 aliphatic carbocycles. The molecule has 0 radical (unpaired) electrons. The van der Waals surface area contributed by atoms with Crippen LogP contribution < -0.4 is 21.3 Å². The lowest BCUT2D eigenvalue weighted by Crippen LogP contribution is -2.56. The number of amides is 3. The van der Waals surface area contributed by atoms with Gasteiger partial charge in [0.1, 0.15) is 18.6 Å². The number of carboxylic acids is 1. The Labute approximate surface area is 170 Å². The van der Waals surface area contributed by atoms with Crippen molar-refractivity contribution in [1.82, 2.24) is 21.3 Å². The van der Waals surface area contributed by atoms with E-state index in [1.165, 1.54) is 0 Å². The van der Waals surface area contributed by atoms with Crippen molar-refractivity contribution in [1.29, 1.82) is 0 Å². The maximum absolute atomic E-state index is 12.8. The van der Waals surface area contributed by atoms with Crippen LogP contribution in [0, 0.1) is 5.92 Å². The fourth-order valence-corrected chi connectivity index (χ4v) is 3.42. The Hall–Kier alpha value is -1.81. The summed E-state index contributed by atoms with van der Waals surface area (Å²) < 4.78 is 0. The highest BCUT2D eigenvalue weighted by molar-refractivity contribution is 7.98. The van der Waals surface area contributed by atoms with Crippen molar-refractivity contribution >= 4 is 35.5 Å². The first kappa shape index (κ1) is 24.2. The zero-order valence-corrected chi connectivity index (χ0v) is 17.6. The third-order valence-corrected chi connectivity index (χ3v) is 5.02. The lowest BCUT2D eigenvalue weighted by atomic mass is 10.0. The van der Waals surface area contributed by atoms with Crippen molar-refractivity contribution < 1.29 is 24.3 Å². The van der Waals surface area contributed by atoms with Crippen LogP contribution in [0.4, 0.5) is 0 Å². The van der Waals surface area contributed by atoms with Gasteiger partial charge in [-0.3, -0.25) is 19.2 Å². The van der Waals surface area contributed by atoms with Gasteiger partial charge in [0, 0.05) is 0 Å². The number of carboxylic acid groups (broad SMARTS) is 1. The number of thioether (sulfide) groups is 1. The summed E-state index contributed by atoms with van der Waals surface area (Å²) in [7, 11) is 0. The molecule has 3 unspecified atom stereocenters. The summed E-state index contributed by atoms with van der Waals surface area (Å²) in [5.74, 6) is -1.56. The number of hydrogen-bond acceptors (Lipinski definition) is 6. The molecule has 0 saturated carbocycles. The molecule has 0 spiro atoms. The number of carbonyl (C=O) groups is 4. The van der Waals surface area contributed by atoms with E-state index >= 15 is 0 Å². The largest absolute Gasteiger partial charge is 0.480 e. The zero-order chi connectivity index (χ0) is 21.1. The average Bonchev–Trinajstić information content (AvgIpc) is 3.16. The molecule has 160 valence electrons. The molecule has 1 heterocycles. The molecule has 1 saturated heterocycles. The maximum Gasteiger partial charge on any atom is 0.322 e. The van der Waals surface area contributed by atoms with Crippen LogP contribution >= 0.6 is 11.8 Å². The second-order valence-corrected chi connectivity index (χ2v) is 8.28. The van der Waals surface area contributed by atoms with E-state index in [2.05, 4.69) is 21.3 Å². The van der Waals surface area contributed by atoms with Gasteiger partial charge in [0.2, 0.25) is 17.7 Å². The van der Waals surface area contributed by atoms with Crippen molar-refractivity contribution in [2.75, 3.05) is 25.1 Å². The molecule has 3 amide bonds. The van der Waals surface area contributed by atoms with Gasteiger partial charge in [0.25, 0.3) is 0 Å². The molecule has 0 aromatic carbocycles. The molecule has 9 nitrogen and oxygen atoms in total. The molecule has 3 atom stereocenters. The van der Waals surface area contributed by atoms with Crippen molar-refractivity contribution in [2.45, 2.75) is 57.7 Å². The third-order valence-electron chi connectivity index (χ3n) is 4.37. The van der Waals surface area contributed by atoms with Crippen LogP contribution in [0.25, 0.3) is 0 Å². The van der Waals surface area contributed by atoms with Crippen molar-refractivity contribution in [3.63, 3.8) is 0 Å². The van der Waals surface area contributed by atoms with Gasteiger partial charge in [0.05, 0.1) is 6.04 Å². The van der Waals surface area contributed by atoms with Gasteiger partial charge in [-0.05, 0) is 50.2 Å². The Bertz CT molecular complexity index is 552. The van der Waals surface area contributed by atoms with E-state index < -0.39 is 36.4 Å². The second kappa shape index (κ2) is 12.6. The van der Waals surface area contributed by atoms with Crippen LogP contribution in [0.3, 0.4) is 0 Å². The quantitative estimate of drug-likeness (QED) is 0.295. The molecule has 28 heavy (non-hydrogen) atoms. The summed E-state index contributed by atoms with van der Waals surface area (Å²) in [6.45, 7) is 4.08. The average molecular weight is 417 g/mol. The van der Waals surface area contributed by atoms with Gasteiger partial charge in [-0.1, -0.05) is 13.8 Å². The zero-order valence-electron chi connectivity index (χ0n) is 16.7. The molecule has 5 N–H and O–H groups in total. The first-order chi connectivity index (χ1) is 13.2. The fraction of sp³-hybridized carbons (Fsp3) is 0.778. The molecule has 1 rings (SSSR count). The minimum absolute atomic E-state index is 0.114. The Morgan fingerprint density at radius 1 is 1.14 bits per heavy atom. The monoisotopic (exact) mass is 416 g/mol. The number of nitrogens with one attached hydrogen (secondary N) is 4. The van der Waals surface area contributed by atoms with Crippen LogP contribution in [-0.2, 0) is 19.2 Å². The van der Waals surface area contributed by atoms with Gasteiger partial charge >= 0.3 is 5.97 Å². The van der Waals surface area contributed by atoms with E-state index in [1.54, 1.807) is 11.8 Å². The summed E-state index contributed by atoms with van der Waals surface area (Å²) >= 11 is 1.56. The summed E-state index contributed by atoms with van der Waals surface area (Å²) in [6, 6.07) is -1.90. The molecule has 1 aliphatic rings. The summed E-state index contributed by atoms with van der Waals surface area (Å²) in [6.07, 6.45) is 4.37. The third kappa shape index (κ3) is 8.92. The van der Waals surface area contributed by atoms with Gasteiger partial charge in [-0.15, -0.1) is 0 Å². The van der Waals surface area contributed by atoms with E-state index in [0.29, 0.717) is 18.6 Å². The normalized spacial score (nSPS) is 18.4. The molecular weight excluding hydrogens is 384 g/mol. The molecule has 1 aliphatic heterocycles. The minimum Gasteiger partial charge on any atom is -0.480 e. The maximum atomic E-state index is 12.8. The predicted octanol–water partition coefficient (Wildman–Crippen LogP) is -0.292. The second-order valence-electron chi connectivity index (χ2n) is 7.29. The molecule has 0 bridgehead atoms. The van der Waals surface area contributed by atoms with Crippen LogP contribution in [0.5, 0.6) is 0 Å². The Morgan fingerprint density at radius 3 is 2.39 bits per heavy atom. The van der Waals surface area contributed by atoms with E-state index in [4.69, 9.17) is 5.11 Å². The van der Waals surface area contributed by atoms with Crippen LogP contribution in [-0.4, -0.2) is 72.0 Å². The lowest BCUT2D eigenvalue weighted by molar-refractivity contribution is -0.138. The van der Waals surface area contributed by atoms with E-state index in [9.17, 15) is 19.2 Å². The van der Waals surface area contributed by atoms with Gasteiger partial charge in [-0.2, -0.15) is 11.8 Å². The molecule has 1 fully saturated rings. The number of aliphatic carboxylic acids is 1. The highest BCUT2D eigenvalue weighted by Crippen LogP contribution is 2.09. The molecule has 0 aromatic rings. The summed E-state index contributed by atoms with van der Waals surface area (Å²) in [5.41, 5.74) is 0. The lowest BCUT2D eigenvalue weighted by Gasteiger charge is -2.24. The van der Waals surface area contributed by atoms with Gasteiger partial charge in [0.15, 0.2) is 0 Å². The minimum atomic E-state index is -1.16. The Balaban J connectivity index is 2.76. The number of carbonyl (C=O) groups excluding carboxylic acids is 3. The number of hydrogen-bond donors (Lipinski definition) is 5. The molecular formula is C18H32N4O5S. The van der Waals surface area contributed by atoms with Crippen LogP contribution in [0.2, 0.25) is 0 Å². The van der Waals surface area contributed by atoms with Crippen molar-refractivity contribution in [2.24, 2.45) is 5.92 Å². The van der Waals surface area contributed by atoms with E-state index in [1.807, 2.05) is 20.1 Å². The summed E-state index contributed by atoms with van der Waals surface area (Å²) in [5, 5.41) is 19.6. The highest BCUT2D eigenvalue weighted by Gasteiger charge is 2.30. The predicted molar refractivity (Wildman–Crippen MR) is 108 cm³/mol. The van der Waals surface area contributed by atoms with Crippen LogP contribution in [0.15, 0.2) is 0 Å². The smallest absolute Gasteiger partial charge is 0.322 e. The Morgan fingerprint density at radius 2 is 1.86 bits per heavy atom. The number of rotatable bonds is 12. The van der Waals surface area contributed by atoms with Gasteiger partial charge < -0.3 is 26.4 Å². The topological polar surface area (TPSA) is 137 Å². The van der Waals surface area contributed by atoms with E-state index in [0.717, 1.165) is 19.4 Å².